The molecule has 0 saturated carbocycles. The number of benzene rings is 8. The molecule has 0 fully saturated rings. The van der Waals surface area contributed by atoms with Crippen molar-refractivity contribution in [1.82, 2.24) is 9.55 Å². The smallest absolute Gasteiger partial charge is 0.137 e. The van der Waals surface area contributed by atoms with Crippen molar-refractivity contribution in [1.29, 1.82) is 0 Å². The van der Waals surface area contributed by atoms with E-state index in [2.05, 4.69) is 76.5 Å². The molecule has 0 spiro atoms. The van der Waals surface area contributed by atoms with Gasteiger partial charge in [0.1, 0.15) is 24.0 Å². The lowest BCUT2D eigenvalue weighted by atomic mass is 9.63. The van der Waals surface area contributed by atoms with Crippen molar-refractivity contribution in [3.63, 3.8) is 0 Å². The topological polar surface area (TPSA) is 33.5 Å². The number of rotatable bonds is 10. The van der Waals surface area contributed by atoms with Crippen molar-refractivity contribution in [2.75, 3.05) is 16.5 Å². The molecule has 0 unspecified atom stereocenters. The van der Waals surface area contributed by atoms with E-state index >= 15 is 0 Å². The number of para-hydroxylation sites is 4. The number of nitrogens with zero attached hydrogens (tertiary/aromatic N) is 4. The molecule has 79 heavy (non-hydrogen) atoms. The highest BCUT2D eigenvalue weighted by Crippen LogP contribution is 2.53. The first kappa shape index (κ1) is 38.6. The lowest BCUT2D eigenvalue weighted by molar-refractivity contribution is 0.332. The van der Waals surface area contributed by atoms with Crippen LogP contribution in [0.5, 0.6) is 11.5 Å². The van der Waals surface area contributed by atoms with E-state index in [0.717, 1.165) is 46.6 Å². The Morgan fingerprint density at radius 1 is 0.582 bits per heavy atom. The lowest BCUT2D eigenvalue weighted by Gasteiger charge is -2.42. The minimum atomic E-state index is -2.22. The second-order valence-electron chi connectivity index (χ2n) is 25.0. The standard InChI is InChI=1S/C74H76N4O/c1-48(2)39-49-40-53(42-55(41-49)72(6,7)8)50-27-29-51(30-28-50)59-22-18-23-60(52-31-34-63-64(43-52)74(11,12)37-36-73(63,9)10)70(59)77-47-76(66-25-15-16-26-67(66)77)56-19-17-20-57(45-56)79-58-32-33-62-61-21-13-14-24-65(61)78(68(62)46-58)69-44-54(35-38-75-69)71(3,4)5/h13-35,38,40-46,48H,36-37,39,47H2,1-12H3/i13D,14D,21D,24D,27D,28D,29D,30D,39D2,40D,41D,42D. The molecule has 0 bridgehead atoms. The Bertz CT molecular complexity index is 4700. The maximum Gasteiger partial charge on any atom is 0.137 e. The Hall–Kier alpha value is -7.89. The van der Waals surface area contributed by atoms with Crippen LogP contribution in [0.25, 0.3) is 61.0 Å². The minimum Gasteiger partial charge on any atom is -0.457 e. The average Bonchev–Trinajstić information content (AvgIpc) is 1.25. The molecule has 0 atom stereocenters. The molecule has 0 N–H and O–H groups in total. The van der Waals surface area contributed by atoms with Crippen molar-refractivity contribution >= 4 is 44.6 Å². The van der Waals surface area contributed by atoms with Crippen LogP contribution in [0.2, 0.25) is 0 Å². The first-order chi connectivity index (χ1) is 43.1. The molecule has 1 aliphatic carbocycles. The van der Waals surface area contributed by atoms with Gasteiger partial charge < -0.3 is 14.5 Å². The molecule has 2 aliphatic rings. The van der Waals surface area contributed by atoms with Gasteiger partial charge in [0.2, 0.25) is 0 Å². The van der Waals surface area contributed by atoms with Gasteiger partial charge in [0.05, 0.1) is 43.2 Å². The minimum absolute atomic E-state index is 0.00201. The maximum atomic E-state index is 10.1. The molecule has 2 aromatic heterocycles. The van der Waals surface area contributed by atoms with Crippen molar-refractivity contribution < 1.29 is 22.6 Å². The summed E-state index contributed by atoms with van der Waals surface area (Å²) in [6.07, 6.45) is 1.50. The quantitative estimate of drug-likeness (QED) is 0.137. The highest BCUT2D eigenvalue weighted by atomic mass is 16.5. The molecule has 0 saturated heterocycles. The van der Waals surface area contributed by atoms with Crippen LogP contribution >= 0.6 is 0 Å². The van der Waals surface area contributed by atoms with Gasteiger partial charge in [-0.1, -0.05) is 198 Å². The van der Waals surface area contributed by atoms with Crippen molar-refractivity contribution in [2.24, 2.45) is 5.92 Å². The third kappa shape index (κ3) is 9.70. The number of aromatic nitrogens is 2. The molecular formula is C74H76N4O. The van der Waals surface area contributed by atoms with E-state index < -0.39 is 47.9 Å². The predicted octanol–water partition coefficient (Wildman–Crippen LogP) is 20.4. The van der Waals surface area contributed by atoms with Crippen LogP contribution in [0.3, 0.4) is 0 Å². The van der Waals surface area contributed by atoms with Gasteiger partial charge in [-0.05, 0) is 151 Å². The summed E-state index contributed by atoms with van der Waals surface area (Å²) in [6, 6.07) is 33.5. The van der Waals surface area contributed by atoms with Gasteiger partial charge >= 0.3 is 0 Å². The lowest BCUT2D eigenvalue weighted by Crippen LogP contribution is -2.33. The predicted molar refractivity (Wildman–Crippen MR) is 335 cm³/mol. The highest BCUT2D eigenvalue weighted by Gasteiger charge is 2.38. The van der Waals surface area contributed by atoms with Crippen LogP contribution in [-0.4, -0.2) is 16.2 Å². The zero-order chi connectivity index (χ0) is 66.5. The second-order valence-corrected chi connectivity index (χ2v) is 25.0. The van der Waals surface area contributed by atoms with Crippen molar-refractivity contribution in [3.05, 3.63) is 216 Å². The summed E-state index contributed by atoms with van der Waals surface area (Å²) in [4.78, 5) is 9.07. The summed E-state index contributed by atoms with van der Waals surface area (Å²) in [5.74, 6) is 0.746. The fourth-order valence-corrected chi connectivity index (χ4v) is 11.4. The summed E-state index contributed by atoms with van der Waals surface area (Å²) in [7, 11) is 0. The molecule has 12 rings (SSSR count). The highest BCUT2D eigenvalue weighted by molar-refractivity contribution is 6.09. The summed E-state index contributed by atoms with van der Waals surface area (Å²) >= 11 is 0. The van der Waals surface area contributed by atoms with E-state index in [-0.39, 0.29) is 87.0 Å². The summed E-state index contributed by atoms with van der Waals surface area (Å²) in [5, 5.41) is 0.981. The fourth-order valence-electron chi connectivity index (χ4n) is 11.4. The van der Waals surface area contributed by atoms with E-state index in [1.165, 1.54) is 11.1 Å². The molecule has 8 aromatic carbocycles. The molecule has 5 heteroatoms. The van der Waals surface area contributed by atoms with Crippen LogP contribution < -0.4 is 14.5 Å². The van der Waals surface area contributed by atoms with E-state index in [1.54, 1.807) is 51.4 Å². The third-order valence-corrected chi connectivity index (χ3v) is 15.9. The zero-order valence-corrected chi connectivity index (χ0v) is 47.4. The molecule has 1 aliphatic heterocycles. The van der Waals surface area contributed by atoms with Crippen LogP contribution in [0.1, 0.15) is 142 Å². The Kier molecular flexibility index (Phi) is 9.53. The molecule has 0 amide bonds. The van der Waals surface area contributed by atoms with E-state index in [4.69, 9.17) is 15.2 Å². The Balaban J connectivity index is 1.02. The summed E-state index contributed by atoms with van der Waals surface area (Å²) in [5.41, 5.74) is 7.41. The van der Waals surface area contributed by atoms with Crippen LogP contribution in [-0.2, 0) is 28.0 Å². The van der Waals surface area contributed by atoms with Gasteiger partial charge in [-0.15, -0.1) is 0 Å². The Morgan fingerprint density at radius 2 is 1.25 bits per heavy atom. The SMILES string of the molecule is [2H]c1c([2H])c(-c2c([2H])c(C(C)(C)C)c([2H])c(C([2H])([2H])C(C)C)c2[2H])c([2H])c([2H])c1-c1cccc(-c2ccc3c(c2)C(C)(C)CCC3(C)C)c1N1CN(c2cccc(Oc3ccc4c5c([2H])c([2H])c([2H])c([2H])c5n(-c5cc(C(C)(C)C)ccn5)c4c3)c2)c2ccccc21. The Labute approximate surface area is 487 Å². The largest absolute Gasteiger partial charge is 0.457 e. The van der Waals surface area contributed by atoms with E-state index in [0.29, 0.717) is 50.4 Å². The Morgan fingerprint density at radius 3 is 1.99 bits per heavy atom. The number of pyridine rings is 1. The molecule has 5 nitrogen and oxygen atoms in total. The first-order valence-corrected chi connectivity index (χ1v) is 27.6. The van der Waals surface area contributed by atoms with Gasteiger partial charge in [-0.2, -0.15) is 0 Å². The average molecular weight is 1050 g/mol. The first-order valence-electron chi connectivity index (χ1n) is 34.1. The third-order valence-electron chi connectivity index (χ3n) is 15.9. The van der Waals surface area contributed by atoms with Crippen LogP contribution in [0.15, 0.2) is 188 Å². The number of hydrogen-bond donors (Lipinski definition) is 0. The van der Waals surface area contributed by atoms with Gasteiger partial charge in [0, 0.05) is 48.7 Å². The fraction of sp³-hybridized carbons (Fsp3) is 0.284. The summed E-state index contributed by atoms with van der Waals surface area (Å²) in [6.45, 7) is 24.3. The van der Waals surface area contributed by atoms with Gasteiger partial charge in [-0.25, -0.2) is 4.98 Å². The van der Waals surface area contributed by atoms with Crippen LogP contribution in [0.4, 0.5) is 22.7 Å². The van der Waals surface area contributed by atoms with Crippen molar-refractivity contribution in [3.8, 4) is 50.7 Å². The van der Waals surface area contributed by atoms with E-state index in [1.807, 2.05) is 91.0 Å². The monoisotopic (exact) mass is 1050 g/mol. The molecular weight excluding hydrogens is 961 g/mol. The second kappa shape index (κ2) is 19.5. The molecule has 10 aromatic rings. The molecule has 398 valence electrons. The molecule has 0 radical (unpaired) electrons. The van der Waals surface area contributed by atoms with E-state index in [9.17, 15) is 12.3 Å². The van der Waals surface area contributed by atoms with Gasteiger partial charge in [0.25, 0.3) is 0 Å². The van der Waals surface area contributed by atoms with Gasteiger partial charge in [-0.3, -0.25) is 4.57 Å². The number of anilines is 4. The maximum absolute atomic E-state index is 10.1. The van der Waals surface area contributed by atoms with Gasteiger partial charge in [0.15, 0.2) is 0 Å². The van der Waals surface area contributed by atoms with Crippen LogP contribution in [0, 0.1) is 5.92 Å². The zero-order valence-electron chi connectivity index (χ0n) is 60.4. The number of ether oxygens (including phenoxy) is 1. The van der Waals surface area contributed by atoms with Crippen molar-refractivity contribution in [2.45, 2.75) is 124 Å². The number of hydrogen-bond acceptors (Lipinski definition) is 4. The number of fused-ring (bicyclic) bond motifs is 5. The molecule has 3 heterocycles. The summed E-state index contributed by atoms with van der Waals surface area (Å²) < 4.78 is 131. The normalized spacial score (nSPS) is 17.5.